The van der Waals surface area contributed by atoms with E-state index < -0.39 is 20.9 Å². The highest BCUT2D eigenvalue weighted by Gasteiger charge is 2.32. The Balaban J connectivity index is 5.04. The Morgan fingerprint density at radius 3 is 2.25 bits per heavy atom. The van der Waals surface area contributed by atoms with Crippen LogP contribution in [0.15, 0.2) is 0 Å². The predicted molar refractivity (Wildman–Crippen MR) is 68.7 cm³/mol. The molecule has 96 valence electrons. The number of hydrogen-bond acceptors (Lipinski definition) is 4. The number of nitrogens with two attached hydrogens (primary N) is 1. The van der Waals surface area contributed by atoms with Gasteiger partial charge in [-0.3, -0.25) is 0 Å². The SMILES string of the molecule is CCN(CC(C)(C)O)S(=O)(=O)C(C)C(N)=S. The smallest absolute Gasteiger partial charge is 0.223 e. The second-order valence-electron chi connectivity index (χ2n) is 4.33. The third-order valence-electron chi connectivity index (χ3n) is 2.12. The summed E-state index contributed by atoms with van der Waals surface area (Å²) in [5, 5.41) is 8.72. The van der Waals surface area contributed by atoms with Crippen LogP contribution in [0.5, 0.6) is 0 Å². The summed E-state index contributed by atoms with van der Waals surface area (Å²) in [5.41, 5.74) is 4.26. The zero-order chi connectivity index (χ0) is 13.1. The highest BCUT2D eigenvalue weighted by Crippen LogP contribution is 2.14. The number of aliphatic hydroxyl groups is 1. The van der Waals surface area contributed by atoms with E-state index in [0.29, 0.717) is 0 Å². The van der Waals surface area contributed by atoms with Crippen molar-refractivity contribution in [2.75, 3.05) is 13.1 Å². The van der Waals surface area contributed by atoms with E-state index in [2.05, 4.69) is 12.2 Å². The highest BCUT2D eigenvalue weighted by atomic mass is 32.2. The van der Waals surface area contributed by atoms with Crippen molar-refractivity contribution in [3.8, 4) is 0 Å². The maximum atomic E-state index is 12.0. The average molecular weight is 268 g/mol. The van der Waals surface area contributed by atoms with Crippen molar-refractivity contribution in [2.24, 2.45) is 5.73 Å². The Labute approximate surface area is 103 Å². The largest absolute Gasteiger partial charge is 0.392 e. The van der Waals surface area contributed by atoms with Crippen molar-refractivity contribution in [1.82, 2.24) is 4.31 Å². The van der Waals surface area contributed by atoms with Crippen LogP contribution in [-0.2, 0) is 10.0 Å². The highest BCUT2D eigenvalue weighted by molar-refractivity contribution is 7.92. The summed E-state index contributed by atoms with van der Waals surface area (Å²) in [5.74, 6) is 0. The molecule has 16 heavy (non-hydrogen) atoms. The van der Waals surface area contributed by atoms with Gasteiger partial charge in [0.2, 0.25) is 10.0 Å². The van der Waals surface area contributed by atoms with Gasteiger partial charge in [-0.15, -0.1) is 0 Å². The molecule has 7 heteroatoms. The molecule has 0 saturated carbocycles. The summed E-state index contributed by atoms with van der Waals surface area (Å²) in [4.78, 5) is -0.0609. The molecule has 0 aromatic rings. The standard InChI is InChI=1S/C9H20N2O3S2/c1-5-11(6-9(3,4)12)16(13,14)7(2)8(10)15/h7,12H,5-6H2,1-4H3,(H2,10,15). The molecule has 0 aliphatic heterocycles. The molecular weight excluding hydrogens is 248 g/mol. The van der Waals surface area contributed by atoms with Crippen LogP contribution in [-0.4, -0.2) is 46.8 Å². The van der Waals surface area contributed by atoms with Gasteiger partial charge in [0.25, 0.3) is 0 Å². The van der Waals surface area contributed by atoms with Crippen LogP contribution in [0.1, 0.15) is 27.7 Å². The third-order valence-corrected chi connectivity index (χ3v) is 4.88. The van der Waals surface area contributed by atoms with Gasteiger partial charge in [-0.2, -0.15) is 4.31 Å². The molecule has 0 aliphatic rings. The molecule has 0 amide bonds. The molecule has 0 saturated heterocycles. The fourth-order valence-corrected chi connectivity index (χ4v) is 3.15. The van der Waals surface area contributed by atoms with Gasteiger partial charge in [-0.1, -0.05) is 19.1 Å². The molecule has 0 aliphatic carbocycles. The summed E-state index contributed by atoms with van der Waals surface area (Å²) < 4.78 is 25.2. The predicted octanol–water partition coefficient (Wildman–Crippen LogP) is 0.0836. The van der Waals surface area contributed by atoms with E-state index in [0.717, 1.165) is 0 Å². The zero-order valence-electron chi connectivity index (χ0n) is 10.1. The van der Waals surface area contributed by atoms with Gasteiger partial charge in [0.1, 0.15) is 5.25 Å². The first-order valence-corrected chi connectivity index (χ1v) is 6.94. The van der Waals surface area contributed by atoms with Gasteiger partial charge in [-0.25, -0.2) is 8.42 Å². The van der Waals surface area contributed by atoms with E-state index in [1.165, 1.54) is 11.2 Å². The van der Waals surface area contributed by atoms with Crippen molar-refractivity contribution in [3.05, 3.63) is 0 Å². The molecule has 0 heterocycles. The maximum Gasteiger partial charge on any atom is 0.223 e. The Kier molecular flexibility index (Phi) is 5.31. The lowest BCUT2D eigenvalue weighted by Gasteiger charge is -2.29. The lowest BCUT2D eigenvalue weighted by molar-refractivity contribution is 0.0601. The zero-order valence-corrected chi connectivity index (χ0v) is 11.7. The van der Waals surface area contributed by atoms with Gasteiger partial charge >= 0.3 is 0 Å². The quantitative estimate of drug-likeness (QED) is 0.667. The van der Waals surface area contributed by atoms with Crippen LogP contribution in [0.2, 0.25) is 0 Å². The van der Waals surface area contributed by atoms with Crippen LogP contribution in [0.25, 0.3) is 0 Å². The summed E-state index contributed by atoms with van der Waals surface area (Å²) >= 11 is 4.68. The van der Waals surface area contributed by atoms with Crippen LogP contribution >= 0.6 is 12.2 Å². The first-order valence-electron chi connectivity index (χ1n) is 5.03. The van der Waals surface area contributed by atoms with Gasteiger partial charge < -0.3 is 10.8 Å². The molecular formula is C9H20N2O3S2. The molecule has 1 unspecified atom stereocenters. The fourth-order valence-electron chi connectivity index (χ4n) is 1.18. The molecule has 0 radical (unpaired) electrons. The Bertz CT molecular complexity index is 346. The monoisotopic (exact) mass is 268 g/mol. The molecule has 0 spiro atoms. The van der Waals surface area contributed by atoms with Gasteiger partial charge in [0.05, 0.1) is 10.6 Å². The van der Waals surface area contributed by atoms with Crippen LogP contribution in [0.3, 0.4) is 0 Å². The molecule has 5 nitrogen and oxygen atoms in total. The first kappa shape index (κ1) is 15.8. The molecule has 0 fully saturated rings. The first-order chi connectivity index (χ1) is 7.02. The van der Waals surface area contributed by atoms with Crippen LogP contribution < -0.4 is 5.73 Å². The third kappa shape index (κ3) is 4.32. The Morgan fingerprint density at radius 1 is 1.56 bits per heavy atom. The van der Waals surface area contributed by atoms with E-state index in [1.54, 1.807) is 20.8 Å². The minimum absolute atomic E-state index is 0.0266. The summed E-state index contributed by atoms with van der Waals surface area (Å²) in [6.07, 6.45) is 0. The Morgan fingerprint density at radius 2 is 2.00 bits per heavy atom. The van der Waals surface area contributed by atoms with Gasteiger partial charge in [0, 0.05) is 13.1 Å². The van der Waals surface area contributed by atoms with E-state index >= 15 is 0 Å². The molecule has 0 aromatic heterocycles. The normalized spacial score (nSPS) is 15.1. The minimum atomic E-state index is -3.58. The molecule has 0 rings (SSSR count). The second-order valence-corrected chi connectivity index (χ2v) is 7.05. The van der Waals surface area contributed by atoms with Crippen molar-refractivity contribution < 1.29 is 13.5 Å². The number of nitrogens with zero attached hydrogens (tertiary/aromatic N) is 1. The van der Waals surface area contributed by atoms with E-state index in [4.69, 9.17) is 5.73 Å². The van der Waals surface area contributed by atoms with Crippen LogP contribution in [0.4, 0.5) is 0 Å². The topological polar surface area (TPSA) is 83.6 Å². The summed E-state index contributed by atoms with van der Waals surface area (Å²) in [7, 11) is -3.58. The van der Waals surface area contributed by atoms with Crippen molar-refractivity contribution >= 4 is 27.2 Å². The number of sulfonamides is 1. The molecule has 1 atom stereocenters. The van der Waals surface area contributed by atoms with Crippen LogP contribution in [0, 0.1) is 0 Å². The molecule has 3 N–H and O–H groups in total. The molecule has 0 bridgehead atoms. The van der Waals surface area contributed by atoms with Crippen molar-refractivity contribution in [3.63, 3.8) is 0 Å². The number of likely N-dealkylation sites (N-methyl/N-ethyl adjacent to an activating group) is 1. The maximum absolute atomic E-state index is 12.0. The second kappa shape index (κ2) is 5.39. The fraction of sp³-hybridized carbons (Fsp3) is 0.889. The van der Waals surface area contributed by atoms with Crippen molar-refractivity contribution in [2.45, 2.75) is 38.5 Å². The van der Waals surface area contributed by atoms with E-state index in [-0.39, 0.29) is 18.1 Å². The minimum Gasteiger partial charge on any atom is -0.392 e. The van der Waals surface area contributed by atoms with Crippen molar-refractivity contribution in [1.29, 1.82) is 0 Å². The lowest BCUT2D eigenvalue weighted by Crippen LogP contribution is -2.48. The lowest BCUT2D eigenvalue weighted by atomic mass is 10.1. The summed E-state index contributed by atoms with van der Waals surface area (Å²) in [6.45, 7) is 6.56. The number of rotatable bonds is 6. The number of thiocarbonyl (C=S) groups is 1. The molecule has 0 aromatic carbocycles. The number of hydrogen-bond donors (Lipinski definition) is 2. The van der Waals surface area contributed by atoms with Gasteiger partial charge in [0.15, 0.2) is 0 Å². The van der Waals surface area contributed by atoms with Gasteiger partial charge in [-0.05, 0) is 20.8 Å². The van der Waals surface area contributed by atoms with E-state index in [9.17, 15) is 13.5 Å². The average Bonchev–Trinajstić information content (AvgIpc) is 2.10. The van der Waals surface area contributed by atoms with E-state index in [1.807, 2.05) is 0 Å². The Hall–Kier alpha value is -0.240. The summed E-state index contributed by atoms with van der Waals surface area (Å²) in [6, 6.07) is 0.